The Kier molecular flexibility index (Phi) is 8.46. The molecule has 2 rings (SSSR count). The van der Waals surface area contributed by atoms with Crippen molar-refractivity contribution in [1.82, 2.24) is 20.3 Å². The Morgan fingerprint density at radius 1 is 1.00 bits per heavy atom. The molecule has 0 unspecified atom stereocenters. The standard InChI is InChI=1S/C10H17N5O2.2ClH/c1-16-9-13-8(14-10(15-9)17-2)12-7-3-5-11-6-4-7;;/h7,11H,3-6H2,1-2H3,(H,12,13,14,15);2*1H. The van der Waals surface area contributed by atoms with E-state index in [1.807, 2.05) is 0 Å². The Bertz CT molecular complexity index is 355. The van der Waals surface area contributed by atoms with Gasteiger partial charge in [-0.2, -0.15) is 9.97 Å². The van der Waals surface area contributed by atoms with Crippen LogP contribution in [0, 0.1) is 0 Å². The number of aromatic nitrogens is 3. The quantitative estimate of drug-likeness (QED) is 0.854. The second kappa shape index (κ2) is 8.95. The van der Waals surface area contributed by atoms with Crippen molar-refractivity contribution in [1.29, 1.82) is 0 Å². The molecule has 1 saturated heterocycles. The van der Waals surface area contributed by atoms with Crippen LogP contribution in [0.15, 0.2) is 0 Å². The van der Waals surface area contributed by atoms with Crippen molar-refractivity contribution < 1.29 is 9.47 Å². The van der Waals surface area contributed by atoms with Crippen LogP contribution in [0.25, 0.3) is 0 Å². The number of piperidine rings is 1. The first-order valence-corrected chi connectivity index (χ1v) is 5.63. The number of methoxy groups -OCH3 is 2. The molecule has 1 aromatic heterocycles. The lowest BCUT2D eigenvalue weighted by Gasteiger charge is -2.23. The van der Waals surface area contributed by atoms with Crippen LogP contribution in [-0.2, 0) is 0 Å². The average Bonchev–Trinajstić information content (AvgIpc) is 2.39. The molecule has 0 bridgehead atoms. The summed E-state index contributed by atoms with van der Waals surface area (Å²) in [4.78, 5) is 12.2. The van der Waals surface area contributed by atoms with E-state index in [0.29, 0.717) is 12.0 Å². The maximum atomic E-state index is 4.99. The zero-order chi connectivity index (χ0) is 12.1. The van der Waals surface area contributed by atoms with Gasteiger partial charge < -0.3 is 20.1 Å². The molecule has 110 valence electrons. The first-order chi connectivity index (χ1) is 8.31. The molecule has 0 aromatic carbocycles. The van der Waals surface area contributed by atoms with E-state index in [1.165, 1.54) is 14.2 Å². The fraction of sp³-hybridized carbons (Fsp3) is 0.700. The van der Waals surface area contributed by atoms with Crippen LogP contribution >= 0.6 is 24.8 Å². The van der Waals surface area contributed by atoms with Gasteiger partial charge in [0.05, 0.1) is 14.2 Å². The van der Waals surface area contributed by atoms with Crippen molar-refractivity contribution in [2.45, 2.75) is 18.9 Å². The van der Waals surface area contributed by atoms with Crippen LogP contribution in [-0.4, -0.2) is 48.3 Å². The zero-order valence-electron chi connectivity index (χ0n) is 10.9. The number of halogens is 2. The summed E-state index contributed by atoms with van der Waals surface area (Å²) in [6, 6.07) is 0.898. The van der Waals surface area contributed by atoms with Crippen LogP contribution in [0.2, 0.25) is 0 Å². The molecule has 1 aromatic rings. The van der Waals surface area contributed by atoms with Crippen molar-refractivity contribution in [3.8, 4) is 12.0 Å². The summed E-state index contributed by atoms with van der Waals surface area (Å²) in [5.41, 5.74) is 0. The minimum atomic E-state index is 0. The van der Waals surface area contributed by atoms with E-state index in [4.69, 9.17) is 9.47 Å². The van der Waals surface area contributed by atoms with E-state index >= 15 is 0 Å². The second-order valence-corrected chi connectivity index (χ2v) is 3.80. The van der Waals surface area contributed by atoms with Crippen LogP contribution in [0.4, 0.5) is 5.95 Å². The fourth-order valence-corrected chi connectivity index (χ4v) is 1.73. The Hall–Kier alpha value is -1.05. The van der Waals surface area contributed by atoms with E-state index in [2.05, 4.69) is 25.6 Å². The van der Waals surface area contributed by atoms with Crippen molar-refractivity contribution in [3.05, 3.63) is 0 Å². The molecule has 0 radical (unpaired) electrons. The molecule has 0 atom stereocenters. The number of nitrogens with zero attached hydrogens (tertiary/aromatic N) is 3. The van der Waals surface area contributed by atoms with Gasteiger partial charge >= 0.3 is 12.0 Å². The Balaban J connectivity index is 0.00000162. The molecular weight excluding hydrogens is 293 g/mol. The van der Waals surface area contributed by atoms with Gasteiger partial charge in [0.15, 0.2) is 0 Å². The first kappa shape index (κ1) is 17.9. The van der Waals surface area contributed by atoms with Gasteiger partial charge in [0.1, 0.15) is 0 Å². The fourth-order valence-electron chi connectivity index (χ4n) is 1.73. The molecule has 1 fully saturated rings. The highest BCUT2D eigenvalue weighted by Crippen LogP contribution is 2.15. The Morgan fingerprint density at radius 3 is 2.00 bits per heavy atom. The Labute approximate surface area is 124 Å². The average molecular weight is 312 g/mol. The van der Waals surface area contributed by atoms with E-state index < -0.39 is 0 Å². The third-order valence-corrected chi connectivity index (χ3v) is 2.63. The van der Waals surface area contributed by atoms with Gasteiger partial charge in [0, 0.05) is 6.04 Å². The van der Waals surface area contributed by atoms with Crippen LogP contribution in [0.5, 0.6) is 12.0 Å². The SMILES string of the molecule is COc1nc(NC2CCNCC2)nc(OC)n1.Cl.Cl. The van der Waals surface area contributed by atoms with Gasteiger partial charge in [0.25, 0.3) is 0 Å². The van der Waals surface area contributed by atoms with Crippen molar-refractivity contribution >= 4 is 30.8 Å². The van der Waals surface area contributed by atoms with E-state index in [0.717, 1.165) is 25.9 Å². The molecule has 2 N–H and O–H groups in total. The number of rotatable bonds is 4. The zero-order valence-corrected chi connectivity index (χ0v) is 12.5. The molecule has 0 aliphatic carbocycles. The lowest BCUT2D eigenvalue weighted by atomic mass is 10.1. The number of hydrogen-bond donors (Lipinski definition) is 2. The summed E-state index contributed by atoms with van der Waals surface area (Å²) in [6.07, 6.45) is 2.10. The van der Waals surface area contributed by atoms with Gasteiger partial charge in [-0.1, -0.05) is 0 Å². The van der Waals surface area contributed by atoms with Crippen LogP contribution in [0.1, 0.15) is 12.8 Å². The minimum absolute atomic E-state index is 0. The molecule has 0 saturated carbocycles. The highest BCUT2D eigenvalue weighted by molar-refractivity contribution is 5.85. The lowest BCUT2D eigenvalue weighted by Crippen LogP contribution is -2.35. The molecule has 0 spiro atoms. The van der Waals surface area contributed by atoms with E-state index in [9.17, 15) is 0 Å². The summed E-state index contributed by atoms with van der Waals surface area (Å²) in [5, 5.41) is 6.57. The van der Waals surface area contributed by atoms with Crippen molar-refractivity contribution in [3.63, 3.8) is 0 Å². The van der Waals surface area contributed by atoms with Gasteiger partial charge in [-0.05, 0) is 25.9 Å². The summed E-state index contributed by atoms with van der Waals surface area (Å²) in [6.45, 7) is 2.02. The molecule has 1 aliphatic rings. The number of hydrogen-bond acceptors (Lipinski definition) is 7. The summed E-state index contributed by atoms with van der Waals surface area (Å²) >= 11 is 0. The second-order valence-electron chi connectivity index (χ2n) is 3.80. The predicted molar refractivity (Wildman–Crippen MR) is 76.9 cm³/mol. The number of ether oxygens (including phenoxy) is 2. The smallest absolute Gasteiger partial charge is 0.324 e. The Morgan fingerprint density at radius 2 is 1.53 bits per heavy atom. The first-order valence-electron chi connectivity index (χ1n) is 5.63. The summed E-state index contributed by atoms with van der Waals surface area (Å²) in [7, 11) is 3.03. The largest absolute Gasteiger partial charge is 0.467 e. The molecule has 2 heterocycles. The third kappa shape index (κ3) is 5.22. The predicted octanol–water partition coefficient (Wildman–Crippen LogP) is 0.896. The normalized spacial score (nSPS) is 14.8. The molecule has 1 aliphatic heterocycles. The molecule has 19 heavy (non-hydrogen) atoms. The monoisotopic (exact) mass is 311 g/mol. The number of nitrogens with one attached hydrogen (secondary N) is 2. The van der Waals surface area contributed by atoms with Gasteiger partial charge in [-0.3, -0.25) is 0 Å². The summed E-state index contributed by atoms with van der Waals surface area (Å²) < 4.78 is 9.98. The number of anilines is 1. The van der Waals surface area contributed by atoms with Crippen molar-refractivity contribution in [2.24, 2.45) is 0 Å². The molecule has 0 amide bonds. The highest BCUT2D eigenvalue weighted by Gasteiger charge is 2.15. The molecule has 7 nitrogen and oxygen atoms in total. The maximum absolute atomic E-state index is 4.99. The topological polar surface area (TPSA) is 81.2 Å². The van der Waals surface area contributed by atoms with Crippen molar-refractivity contribution in [2.75, 3.05) is 32.6 Å². The third-order valence-electron chi connectivity index (χ3n) is 2.63. The van der Waals surface area contributed by atoms with Crippen LogP contribution < -0.4 is 20.1 Å². The van der Waals surface area contributed by atoms with Crippen LogP contribution in [0.3, 0.4) is 0 Å². The molecule has 9 heteroatoms. The van der Waals surface area contributed by atoms with E-state index in [-0.39, 0.29) is 36.8 Å². The van der Waals surface area contributed by atoms with Gasteiger partial charge in [-0.25, -0.2) is 0 Å². The van der Waals surface area contributed by atoms with Gasteiger partial charge in [-0.15, -0.1) is 29.8 Å². The van der Waals surface area contributed by atoms with Gasteiger partial charge in [0.2, 0.25) is 5.95 Å². The molecular formula is C10H19Cl2N5O2. The van der Waals surface area contributed by atoms with E-state index in [1.54, 1.807) is 0 Å². The maximum Gasteiger partial charge on any atom is 0.324 e. The lowest BCUT2D eigenvalue weighted by molar-refractivity contribution is 0.340. The minimum Gasteiger partial charge on any atom is -0.467 e. The summed E-state index contributed by atoms with van der Waals surface area (Å²) in [5.74, 6) is 0.501. The highest BCUT2D eigenvalue weighted by atomic mass is 35.5.